The van der Waals surface area contributed by atoms with Crippen molar-refractivity contribution in [3.63, 3.8) is 0 Å². The van der Waals surface area contributed by atoms with Crippen LogP contribution in [0.3, 0.4) is 0 Å². The number of halogens is 1. The van der Waals surface area contributed by atoms with Gasteiger partial charge in [-0.2, -0.15) is 0 Å². The van der Waals surface area contributed by atoms with E-state index in [1.165, 1.54) is 16.7 Å². The van der Waals surface area contributed by atoms with E-state index >= 15 is 0 Å². The smallest absolute Gasteiger partial charge is 0.129 e. The van der Waals surface area contributed by atoms with Gasteiger partial charge in [0.2, 0.25) is 0 Å². The van der Waals surface area contributed by atoms with Gasteiger partial charge < -0.3 is 4.90 Å². The fourth-order valence-corrected chi connectivity index (χ4v) is 5.22. The van der Waals surface area contributed by atoms with Gasteiger partial charge >= 0.3 is 0 Å². The lowest BCUT2D eigenvalue weighted by atomic mass is 10.1. The molecule has 0 aliphatic heterocycles. The van der Waals surface area contributed by atoms with E-state index in [9.17, 15) is 0 Å². The molecule has 0 bridgehead atoms. The van der Waals surface area contributed by atoms with Crippen LogP contribution in [0.5, 0.6) is 0 Å². The number of aromatic nitrogens is 1. The van der Waals surface area contributed by atoms with Crippen molar-refractivity contribution in [2.24, 2.45) is 0 Å². The molecule has 5 aromatic rings. The molecule has 0 aliphatic carbocycles. The second-order valence-electron chi connectivity index (χ2n) is 8.50. The van der Waals surface area contributed by atoms with Crippen LogP contribution in [-0.2, 0) is 0 Å². The van der Waals surface area contributed by atoms with Crippen molar-refractivity contribution in [3.05, 3.63) is 119 Å². The normalized spacial score (nSPS) is 10.9. The molecule has 0 saturated heterocycles. The summed E-state index contributed by atoms with van der Waals surface area (Å²) < 4.78 is 0. The van der Waals surface area contributed by atoms with Crippen LogP contribution in [0.15, 0.2) is 97.1 Å². The van der Waals surface area contributed by atoms with E-state index in [0.717, 1.165) is 43.2 Å². The molecule has 0 unspecified atom stereocenters. The summed E-state index contributed by atoms with van der Waals surface area (Å²) in [5.41, 5.74) is 9.06. The summed E-state index contributed by atoms with van der Waals surface area (Å²) in [6, 6.07) is 33.7. The van der Waals surface area contributed by atoms with Gasteiger partial charge in [0.05, 0.1) is 0 Å². The molecule has 0 atom stereocenters. The molecule has 2 nitrogen and oxygen atoms in total. The lowest BCUT2D eigenvalue weighted by molar-refractivity contribution is 1.27. The van der Waals surface area contributed by atoms with E-state index in [4.69, 9.17) is 16.6 Å². The fraction of sp³-hybridized carbons (Fsp3) is 0.100. The monoisotopic (exact) mass is 480 g/mol. The predicted octanol–water partition coefficient (Wildman–Crippen LogP) is 9.53. The molecule has 0 N–H and O–H groups in total. The van der Waals surface area contributed by atoms with Crippen LogP contribution >= 0.6 is 22.9 Å². The van der Waals surface area contributed by atoms with Crippen molar-refractivity contribution < 1.29 is 0 Å². The van der Waals surface area contributed by atoms with E-state index < -0.39 is 0 Å². The van der Waals surface area contributed by atoms with Crippen LogP contribution in [-0.4, -0.2) is 4.98 Å². The number of hydrogen-bond donors (Lipinski definition) is 0. The van der Waals surface area contributed by atoms with Crippen molar-refractivity contribution in [3.8, 4) is 21.8 Å². The van der Waals surface area contributed by atoms with Crippen LogP contribution in [0.4, 0.5) is 16.4 Å². The third-order valence-corrected chi connectivity index (χ3v) is 7.23. The summed E-state index contributed by atoms with van der Waals surface area (Å²) in [5.74, 6) is 0. The first-order valence-electron chi connectivity index (χ1n) is 11.3. The Morgan fingerprint density at radius 2 is 1.24 bits per heavy atom. The van der Waals surface area contributed by atoms with E-state index in [2.05, 4.69) is 98.5 Å². The molecular formula is C30H25ClN2S. The van der Waals surface area contributed by atoms with Gasteiger partial charge in [0, 0.05) is 27.5 Å². The lowest BCUT2D eigenvalue weighted by Gasteiger charge is -2.25. The third-order valence-electron chi connectivity index (χ3n) is 5.89. The zero-order chi connectivity index (χ0) is 23.7. The van der Waals surface area contributed by atoms with Crippen molar-refractivity contribution in [2.75, 3.05) is 4.90 Å². The zero-order valence-corrected chi connectivity index (χ0v) is 21.0. The highest BCUT2D eigenvalue weighted by molar-refractivity contribution is 7.19. The van der Waals surface area contributed by atoms with E-state index in [1.54, 1.807) is 11.3 Å². The second kappa shape index (κ2) is 9.46. The minimum atomic E-state index is 0.723. The molecule has 0 aliphatic rings. The first-order chi connectivity index (χ1) is 16.5. The van der Waals surface area contributed by atoms with Gasteiger partial charge in [-0.15, -0.1) is 0 Å². The van der Waals surface area contributed by atoms with Crippen LogP contribution in [0.2, 0.25) is 5.02 Å². The largest absolute Gasteiger partial charge is 0.300 e. The number of anilines is 3. The second-order valence-corrected chi connectivity index (χ2v) is 9.92. The van der Waals surface area contributed by atoms with E-state index in [-0.39, 0.29) is 0 Å². The number of aryl methyl sites for hydroxylation is 3. The topological polar surface area (TPSA) is 16.1 Å². The first kappa shape index (κ1) is 22.4. The minimum absolute atomic E-state index is 0.723. The van der Waals surface area contributed by atoms with Gasteiger partial charge in [0.25, 0.3) is 0 Å². The van der Waals surface area contributed by atoms with Crippen molar-refractivity contribution >= 4 is 39.3 Å². The van der Waals surface area contributed by atoms with Crippen LogP contribution in [0, 0.1) is 20.8 Å². The summed E-state index contributed by atoms with van der Waals surface area (Å²) in [5, 5.41) is 2.78. The zero-order valence-electron chi connectivity index (χ0n) is 19.4. The van der Waals surface area contributed by atoms with Crippen LogP contribution in [0.25, 0.3) is 21.8 Å². The maximum atomic E-state index is 6.16. The number of thiazole rings is 1. The molecule has 5 rings (SSSR count). The Labute approximate surface area is 210 Å². The van der Waals surface area contributed by atoms with E-state index in [0.29, 0.717) is 0 Å². The quantitative estimate of drug-likeness (QED) is 0.249. The Morgan fingerprint density at radius 3 is 1.79 bits per heavy atom. The Hall–Kier alpha value is -3.40. The number of benzene rings is 4. The molecule has 0 spiro atoms. The number of rotatable bonds is 5. The van der Waals surface area contributed by atoms with Gasteiger partial charge in [-0.3, -0.25) is 0 Å². The van der Waals surface area contributed by atoms with Crippen LogP contribution in [0.1, 0.15) is 16.7 Å². The van der Waals surface area contributed by atoms with Crippen molar-refractivity contribution in [1.82, 2.24) is 4.98 Å². The molecule has 34 heavy (non-hydrogen) atoms. The highest BCUT2D eigenvalue weighted by atomic mass is 35.5. The van der Waals surface area contributed by atoms with Crippen LogP contribution < -0.4 is 4.90 Å². The van der Waals surface area contributed by atoms with Gasteiger partial charge in [0.1, 0.15) is 15.7 Å². The average molecular weight is 481 g/mol. The van der Waals surface area contributed by atoms with E-state index in [1.807, 2.05) is 24.3 Å². The highest BCUT2D eigenvalue weighted by Gasteiger charge is 2.23. The highest BCUT2D eigenvalue weighted by Crippen LogP contribution is 2.47. The maximum absolute atomic E-state index is 6.16. The molecule has 4 aromatic carbocycles. The SMILES string of the molecule is Cc1ccc(N(c2ccc(C)cc2)c2sc(-c3ccc(Cl)cc3)nc2-c2ccccc2C)cc1. The molecule has 0 amide bonds. The number of hydrogen-bond acceptors (Lipinski definition) is 3. The van der Waals surface area contributed by atoms with Gasteiger partial charge in [-0.25, -0.2) is 4.98 Å². The molecule has 4 heteroatoms. The third kappa shape index (κ3) is 4.50. The molecule has 0 radical (unpaired) electrons. The summed E-state index contributed by atoms with van der Waals surface area (Å²) in [6.45, 7) is 6.37. The number of nitrogens with zero attached hydrogens (tertiary/aromatic N) is 2. The van der Waals surface area contributed by atoms with Gasteiger partial charge in [-0.1, -0.05) is 94.7 Å². The summed E-state index contributed by atoms with van der Waals surface area (Å²) in [6.07, 6.45) is 0. The molecule has 1 heterocycles. The summed E-state index contributed by atoms with van der Waals surface area (Å²) >= 11 is 7.86. The van der Waals surface area contributed by atoms with Crippen molar-refractivity contribution in [1.29, 1.82) is 0 Å². The van der Waals surface area contributed by atoms with Gasteiger partial charge in [0.15, 0.2) is 0 Å². The molecule has 0 saturated carbocycles. The predicted molar refractivity (Wildman–Crippen MR) is 147 cm³/mol. The molecule has 1 aromatic heterocycles. The Bertz CT molecular complexity index is 1370. The maximum Gasteiger partial charge on any atom is 0.129 e. The minimum Gasteiger partial charge on any atom is -0.300 e. The Kier molecular flexibility index (Phi) is 6.23. The van der Waals surface area contributed by atoms with Crippen molar-refractivity contribution in [2.45, 2.75) is 20.8 Å². The Morgan fingerprint density at radius 1 is 0.676 bits per heavy atom. The average Bonchev–Trinajstić information content (AvgIpc) is 3.27. The lowest BCUT2D eigenvalue weighted by Crippen LogP contribution is -2.09. The summed E-state index contributed by atoms with van der Waals surface area (Å²) in [7, 11) is 0. The molecule has 168 valence electrons. The fourth-order valence-electron chi connectivity index (χ4n) is 3.96. The standard InChI is InChI=1S/C30H25ClN2S/c1-20-8-16-25(17-9-20)33(26-18-10-21(2)11-19-26)30-28(27-7-5-4-6-22(27)3)32-29(34-30)23-12-14-24(31)15-13-23/h4-19H,1-3H3. The van der Waals surface area contributed by atoms with Gasteiger partial charge in [-0.05, 0) is 62.7 Å². The first-order valence-corrected chi connectivity index (χ1v) is 12.5. The summed E-state index contributed by atoms with van der Waals surface area (Å²) in [4.78, 5) is 7.50. The molecular weight excluding hydrogens is 456 g/mol. The molecule has 0 fully saturated rings. The Balaban J connectivity index is 1.77.